The quantitative estimate of drug-likeness (QED) is 0.387. The van der Waals surface area contributed by atoms with E-state index >= 15 is 0 Å². The number of hydrogen-bond acceptors (Lipinski definition) is 2. The molecule has 0 unspecified atom stereocenters. The van der Waals surface area contributed by atoms with Crippen LogP contribution in [0.25, 0.3) is 10.9 Å². The number of benzene rings is 3. The number of carbonyl (C=O) groups is 1. The molecule has 2 heterocycles. The third kappa shape index (κ3) is 3.59. The van der Waals surface area contributed by atoms with Gasteiger partial charge in [-0.1, -0.05) is 48.0 Å². The zero-order valence-corrected chi connectivity index (χ0v) is 18.7. The lowest BCUT2D eigenvalue weighted by molar-refractivity contribution is 0.193. The number of para-hydroxylation sites is 1. The van der Waals surface area contributed by atoms with Gasteiger partial charge in [0.2, 0.25) is 0 Å². The van der Waals surface area contributed by atoms with Crippen LogP contribution in [0.5, 0.6) is 5.75 Å². The molecule has 1 aromatic heterocycles. The molecule has 1 aliphatic heterocycles. The van der Waals surface area contributed by atoms with E-state index < -0.39 is 0 Å². The Balaban J connectivity index is 1.57. The van der Waals surface area contributed by atoms with Crippen molar-refractivity contribution in [2.75, 3.05) is 19.0 Å². The lowest BCUT2D eigenvalue weighted by Crippen LogP contribution is -2.43. The van der Waals surface area contributed by atoms with E-state index in [9.17, 15) is 4.79 Å². The zero-order chi connectivity index (χ0) is 22.2. The van der Waals surface area contributed by atoms with E-state index in [1.165, 1.54) is 10.9 Å². The monoisotopic (exact) mass is 445 g/mol. The Bertz CT molecular complexity index is 1300. The minimum Gasteiger partial charge on any atom is -0.497 e. The summed E-state index contributed by atoms with van der Waals surface area (Å²) in [6.45, 7) is 2.57. The molecule has 6 heteroatoms. The fourth-order valence-electron chi connectivity index (χ4n) is 4.51. The summed E-state index contributed by atoms with van der Waals surface area (Å²) in [4.78, 5) is 19.0. The molecule has 32 heavy (non-hydrogen) atoms. The van der Waals surface area contributed by atoms with Gasteiger partial charge in [0.1, 0.15) is 5.75 Å². The number of nitrogens with one attached hydrogen (secondary N) is 2. The van der Waals surface area contributed by atoms with Gasteiger partial charge < -0.3 is 19.9 Å². The highest BCUT2D eigenvalue weighted by Crippen LogP contribution is 2.39. The number of methoxy groups -OCH3 is 1. The number of nitrogens with zero attached hydrogens (tertiary/aromatic N) is 1. The average molecular weight is 446 g/mol. The third-order valence-corrected chi connectivity index (χ3v) is 6.40. The minimum absolute atomic E-state index is 0.152. The molecule has 1 atom stereocenters. The second-order valence-electron chi connectivity index (χ2n) is 8.07. The molecule has 0 aliphatic carbocycles. The fraction of sp³-hybridized carbons (Fsp3) is 0.192. The number of aryl methyl sites for hydroxylation is 1. The molecule has 0 radical (unpaired) electrons. The van der Waals surface area contributed by atoms with Crippen LogP contribution in [-0.2, 0) is 6.42 Å². The van der Waals surface area contributed by atoms with Crippen molar-refractivity contribution in [2.45, 2.75) is 19.4 Å². The summed E-state index contributed by atoms with van der Waals surface area (Å²) < 4.78 is 5.34. The van der Waals surface area contributed by atoms with Gasteiger partial charge in [-0.25, -0.2) is 4.79 Å². The molecule has 5 nitrogen and oxygen atoms in total. The fourth-order valence-corrected chi connectivity index (χ4v) is 4.68. The number of aromatic nitrogens is 1. The molecule has 2 amide bonds. The molecule has 2 N–H and O–H groups in total. The molecule has 0 spiro atoms. The second-order valence-corrected chi connectivity index (χ2v) is 8.51. The first-order valence-electron chi connectivity index (χ1n) is 10.6. The van der Waals surface area contributed by atoms with Crippen LogP contribution in [0.3, 0.4) is 0 Å². The van der Waals surface area contributed by atoms with Gasteiger partial charge in [0.05, 0.1) is 13.2 Å². The number of fused-ring (bicyclic) bond motifs is 3. The van der Waals surface area contributed by atoms with E-state index in [2.05, 4.69) is 28.5 Å². The Morgan fingerprint density at radius 1 is 1.12 bits per heavy atom. The summed E-state index contributed by atoms with van der Waals surface area (Å²) in [5.74, 6) is 0.784. The highest BCUT2D eigenvalue weighted by molar-refractivity contribution is 6.31. The van der Waals surface area contributed by atoms with Gasteiger partial charge >= 0.3 is 6.03 Å². The van der Waals surface area contributed by atoms with Crippen LogP contribution in [-0.4, -0.2) is 29.6 Å². The lowest BCUT2D eigenvalue weighted by Gasteiger charge is -2.36. The minimum atomic E-state index is -0.239. The van der Waals surface area contributed by atoms with Crippen LogP contribution in [0.15, 0.2) is 66.7 Å². The zero-order valence-electron chi connectivity index (χ0n) is 18.0. The van der Waals surface area contributed by atoms with E-state index in [1.807, 2.05) is 54.3 Å². The van der Waals surface area contributed by atoms with E-state index in [4.69, 9.17) is 16.3 Å². The second kappa shape index (κ2) is 8.24. The van der Waals surface area contributed by atoms with Gasteiger partial charge in [-0.3, -0.25) is 0 Å². The number of halogens is 1. The first-order valence-corrected chi connectivity index (χ1v) is 11.0. The van der Waals surface area contributed by atoms with Gasteiger partial charge in [0.25, 0.3) is 0 Å². The van der Waals surface area contributed by atoms with Gasteiger partial charge in [-0.15, -0.1) is 0 Å². The summed E-state index contributed by atoms with van der Waals surface area (Å²) in [5.41, 5.74) is 6.12. The van der Waals surface area contributed by atoms with E-state index in [1.54, 1.807) is 13.2 Å². The molecule has 3 aromatic carbocycles. The maximum Gasteiger partial charge on any atom is 0.322 e. The SMILES string of the molecule is COc1ccc([C@@H]2c3[nH]c4ccccc4c3CCN2C(=O)Nc2cc(Cl)ccc2C)cc1. The summed E-state index contributed by atoms with van der Waals surface area (Å²) in [5, 5.41) is 4.88. The van der Waals surface area contributed by atoms with Crippen LogP contribution < -0.4 is 10.1 Å². The molecule has 5 rings (SSSR count). The smallest absolute Gasteiger partial charge is 0.322 e. The number of hydrogen-bond donors (Lipinski definition) is 2. The van der Waals surface area contributed by atoms with Gasteiger partial charge in [-0.05, 0) is 60.4 Å². The molecule has 162 valence electrons. The maximum atomic E-state index is 13.5. The van der Waals surface area contributed by atoms with Crippen LogP contribution in [0.1, 0.15) is 28.4 Å². The molecule has 0 saturated heterocycles. The molecule has 4 aromatic rings. The van der Waals surface area contributed by atoms with E-state index in [0.717, 1.165) is 40.2 Å². The highest BCUT2D eigenvalue weighted by Gasteiger charge is 2.34. The number of rotatable bonds is 3. The number of ether oxygens (including phenoxy) is 1. The van der Waals surface area contributed by atoms with Crippen molar-refractivity contribution in [3.05, 3.63) is 94.1 Å². The van der Waals surface area contributed by atoms with Crippen molar-refractivity contribution < 1.29 is 9.53 Å². The Kier molecular flexibility index (Phi) is 5.27. The average Bonchev–Trinajstić information content (AvgIpc) is 3.19. The van der Waals surface area contributed by atoms with E-state index in [0.29, 0.717) is 11.6 Å². The molecule has 0 fully saturated rings. The standard InChI is InChI=1S/C26H24ClN3O2/c1-16-7-10-18(27)15-23(16)29-26(31)30-14-13-21-20-5-3-4-6-22(20)28-24(21)25(30)17-8-11-19(32-2)12-9-17/h3-12,15,25,28H,13-14H2,1-2H3,(H,29,31)/t25-/m1/s1. The number of carbonyl (C=O) groups excluding carboxylic acids is 1. The Morgan fingerprint density at radius 2 is 1.91 bits per heavy atom. The number of amides is 2. The van der Waals surface area contributed by atoms with Crippen LogP contribution >= 0.6 is 11.6 Å². The first-order chi connectivity index (χ1) is 15.5. The summed E-state index contributed by atoms with van der Waals surface area (Å²) >= 11 is 6.17. The number of aromatic amines is 1. The van der Waals surface area contributed by atoms with Gasteiger partial charge in [-0.2, -0.15) is 0 Å². The van der Waals surface area contributed by atoms with Gasteiger partial charge in [0, 0.05) is 33.9 Å². The van der Waals surface area contributed by atoms with Crippen LogP contribution in [0.4, 0.5) is 10.5 Å². The highest BCUT2D eigenvalue weighted by atomic mass is 35.5. The Labute approximate surface area is 192 Å². The number of H-pyrrole nitrogens is 1. The van der Waals surface area contributed by atoms with Crippen LogP contribution in [0, 0.1) is 6.92 Å². The van der Waals surface area contributed by atoms with Crippen molar-refractivity contribution in [2.24, 2.45) is 0 Å². The van der Waals surface area contributed by atoms with Gasteiger partial charge in [0.15, 0.2) is 0 Å². The van der Waals surface area contributed by atoms with Crippen LogP contribution in [0.2, 0.25) is 5.02 Å². The largest absolute Gasteiger partial charge is 0.497 e. The molecule has 0 saturated carbocycles. The third-order valence-electron chi connectivity index (χ3n) is 6.17. The first kappa shape index (κ1) is 20.5. The molecular formula is C26H24ClN3O2. The lowest BCUT2D eigenvalue weighted by atomic mass is 9.92. The predicted molar refractivity (Wildman–Crippen MR) is 129 cm³/mol. The van der Waals surface area contributed by atoms with Crippen molar-refractivity contribution in [1.82, 2.24) is 9.88 Å². The van der Waals surface area contributed by atoms with Crippen molar-refractivity contribution in [3.63, 3.8) is 0 Å². The van der Waals surface area contributed by atoms with Crippen molar-refractivity contribution in [3.8, 4) is 5.75 Å². The summed E-state index contributed by atoms with van der Waals surface area (Å²) in [6, 6.07) is 21.3. The topological polar surface area (TPSA) is 57.4 Å². The maximum absolute atomic E-state index is 13.5. The van der Waals surface area contributed by atoms with E-state index in [-0.39, 0.29) is 12.1 Å². The molecule has 0 bridgehead atoms. The Hall–Kier alpha value is -3.44. The summed E-state index contributed by atoms with van der Waals surface area (Å²) in [7, 11) is 1.65. The van der Waals surface area contributed by atoms with Crippen molar-refractivity contribution >= 4 is 34.2 Å². The normalized spacial score (nSPS) is 15.5. The summed E-state index contributed by atoms with van der Waals surface area (Å²) in [6.07, 6.45) is 0.786. The Morgan fingerprint density at radius 3 is 2.69 bits per heavy atom. The number of urea groups is 1. The molecular weight excluding hydrogens is 422 g/mol. The predicted octanol–water partition coefficient (Wildman–Crippen LogP) is 6.32. The number of anilines is 1. The van der Waals surface area contributed by atoms with Crippen molar-refractivity contribution in [1.29, 1.82) is 0 Å². The molecule has 1 aliphatic rings.